The quantitative estimate of drug-likeness (QED) is 0.700. The maximum absolute atomic E-state index is 11.6. The van der Waals surface area contributed by atoms with Gasteiger partial charge in [-0.3, -0.25) is 4.79 Å². The van der Waals surface area contributed by atoms with Crippen LogP contribution in [0.25, 0.3) is 0 Å². The van der Waals surface area contributed by atoms with E-state index in [1.165, 1.54) is 25.2 Å². The fraction of sp³-hybridized carbons (Fsp3) is 0.545. The molecule has 1 amide bonds. The van der Waals surface area contributed by atoms with E-state index in [1.807, 2.05) is 0 Å². The SMILES string of the molecule is COCCNC(=O)c1cnc(NC2CC2)nc1. The van der Waals surface area contributed by atoms with E-state index >= 15 is 0 Å². The average molecular weight is 236 g/mol. The van der Waals surface area contributed by atoms with Gasteiger partial charge in [0.25, 0.3) is 5.91 Å². The van der Waals surface area contributed by atoms with Crippen LogP contribution in [0.5, 0.6) is 0 Å². The van der Waals surface area contributed by atoms with E-state index < -0.39 is 0 Å². The zero-order valence-corrected chi connectivity index (χ0v) is 9.77. The van der Waals surface area contributed by atoms with E-state index in [0.717, 1.165) is 0 Å². The topological polar surface area (TPSA) is 76.1 Å². The first kappa shape index (κ1) is 11.8. The maximum Gasteiger partial charge on any atom is 0.254 e. The first-order valence-electron chi connectivity index (χ1n) is 5.65. The minimum Gasteiger partial charge on any atom is -0.383 e. The monoisotopic (exact) mass is 236 g/mol. The van der Waals surface area contributed by atoms with Gasteiger partial charge in [-0.1, -0.05) is 0 Å². The van der Waals surface area contributed by atoms with Gasteiger partial charge < -0.3 is 15.4 Å². The minimum atomic E-state index is -0.181. The standard InChI is InChI=1S/C11H16N4O2/c1-17-5-4-12-10(16)8-6-13-11(14-7-8)15-9-2-3-9/h6-7,9H,2-5H2,1H3,(H,12,16)(H,13,14,15). The molecular weight excluding hydrogens is 220 g/mol. The Bertz CT molecular complexity index is 376. The number of amides is 1. The molecule has 0 bridgehead atoms. The number of nitrogens with one attached hydrogen (secondary N) is 2. The minimum absolute atomic E-state index is 0.181. The molecule has 0 saturated heterocycles. The van der Waals surface area contributed by atoms with Crippen LogP contribution < -0.4 is 10.6 Å². The molecule has 1 fully saturated rings. The Morgan fingerprint density at radius 1 is 1.47 bits per heavy atom. The van der Waals surface area contributed by atoms with Crippen molar-refractivity contribution in [3.63, 3.8) is 0 Å². The van der Waals surface area contributed by atoms with Gasteiger partial charge >= 0.3 is 0 Å². The number of carbonyl (C=O) groups excluding carboxylic acids is 1. The van der Waals surface area contributed by atoms with E-state index in [9.17, 15) is 4.79 Å². The number of nitrogens with zero attached hydrogens (tertiary/aromatic N) is 2. The lowest BCUT2D eigenvalue weighted by Crippen LogP contribution is -2.27. The van der Waals surface area contributed by atoms with Crippen molar-refractivity contribution in [2.24, 2.45) is 0 Å². The van der Waals surface area contributed by atoms with Crippen LogP contribution in [-0.4, -0.2) is 42.2 Å². The number of aromatic nitrogens is 2. The van der Waals surface area contributed by atoms with Gasteiger partial charge in [0.05, 0.1) is 12.2 Å². The third-order valence-electron chi connectivity index (χ3n) is 2.42. The Morgan fingerprint density at radius 3 is 2.76 bits per heavy atom. The highest BCUT2D eigenvalue weighted by Gasteiger charge is 2.21. The Kier molecular flexibility index (Phi) is 3.87. The van der Waals surface area contributed by atoms with E-state index in [0.29, 0.717) is 30.7 Å². The molecule has 1 saturated carbocycles. The zero-order chi connectivity index (χ0) is 12.1. The van der Waals surface area contributed by atoms with Crippen LogP contribution in [0.4, 0.5) is 5.95 Å². The highest BCUT2D eigenvalue weighted by molar-refractivity contribution is 5.93. The summed E-state index contributed by atoms with van der Waals surface area (Å²) in [5.41, 5.74) is 0.461. The molecule has 0 spiro atoms. The van der Waals surface area contributed by atoms with Gasteiger partial charge in [-0.2, -0.15) is 0 Å². The molecule has 1 heterocycles. The second-order valence-electron chi connectivity index (χ2n) is 3.96. The van der Waals surface area contributed by atoms with Gasteiger partial charge in [0.2, 0.25) is 5.95 Å². The third-order valence-corrected chi connectivity index (χ3v) is 2.42. The van der Waals surface area contributed by atoms with Gasteiger partial charge in [0.15, 0.2) is 0 Å². The molecule has 1 aromatic rings. The number of ether oxygens (including phenoxy) is 1. The van der Waals surface area contributed by atoms with Crippen molar-refractivity contribution in [3.05, 3.63) is 18.0 Å². The van der Waals surface area contributed by atoms with Crippen molar-refractivity contribution in [3.8, 4) is 0 Å². The number of hydrogen-bond acceptors (Lipinski definition) is 5. The van der Waals surface area contributed by atoms with Crippen molar-refractivity contribution in [2.45, 2.75) is 18.9 Å². The Morgan fingerprint density at radius 2 is 2.18 bits per heavy atom. The second-order valence-corrected chi connectivity index (χ2v) is 3.96. The van der Waals surface area contributed by atoms with Crippen molar-refractivity contribution in [1.82, 2.24) is 15.3 Å². The molecule has 2 rings (SSSR count). The molecule has 1 aromatic heterocycles. The molecule has 0 aliphatic heterocycles. The summed E-state index contributed by atoms with van der Waals surface area (Å²) >= 11 is 0. The van der Waals surface area contributed by atoms with E-state index in [4.69, 9.17) is 4.74 Å². The Balaban J connectivity index is 1.85. The second kappa shape index (κ2) is 5.58. The molecular formula is C11H16N4O2. The summed E-state index contributed by atoms with van der Waals surface area (Å²) in [5, 5.41) is 5.87. The molecule has 1 aliphatic rings. The highest BCUT2D eigenvalue weighted by atomic mass is 16.5. The van der Waals surface area contributed by atoms with E-state index in [2.05, 4.69) is 20.6 Å². The van der Waals surface area contributed by atoms with E-state index in [-0.39, 0.29) is 5.91 Å². The molecule has 2 N–H and O–H groups in total. The summed E-state index contributed by atoms with van der Waals surface area (Å²) in [6.07, 6.45) is 5.39. The molecule has 1 aliphatic carbocycles. The molecule has 0 aromatic carbocycles. The summed E-state index contributed by atoms with van der Waals surface area (Å²) < 4.78 is 4.84. The molecule has 6 nitrogen and oxygen atoms in total. The number of anilines is 1. The predicted octanol–water partition coefficient (Wildman–Crippen LogP) is 0.427. The van der Waals surface area contributed by atoms with Crippen LogP contribution >= 0.6 is 0 Å². The van der Waals surface area contributed by atoms with Gasteiger partial charge in [-0.25, -0.2) is 9.97 Å². The fourth-order valence-corrected chi connectivity index (χ4v) is 1.30. The summed E-state index contributed by atoms with van der Waals surface area (Å²) in [6, 6.07) is 0.511. The fourth-order valence-electron chi connectivity index (χ4n) is 1.30. The number of rotatable bonds is 6. The molecule has 92 valence electrons. The van der Waals surface area contributed by atoms with Crippen LogP contribution in [0.2, 0.25) is 0 Å². The summed E-state index contributed by atoms with van der Waals surface area (Å²) in [6.45, 7) is 0.978. The van der Waals surface area contributed by atoms with Gasteiger partial charge in [-0.15, -0.1) is 0 Å². The zero-order valence-electron chi connectivity index (χ0n) is 9.77. The van der Waals surface area contributed by atoms with Crippen LogP contribution in [0.3, 0.4) is 0 Å². The predicted molar refractivity (Wildman–Crippen MR) is 62.9 cm³/mol. The van der Waals surface area contributed by atoms with E-state index in [1.54, 1.807) is 7.11 Å². The molecule has 0 unspecified atom stereocenters. The summed E-state index contributed by atoms with van der Waals surface area (Å²) in [4.78, 5) is 19.8. The third kappa shape index (κ3) is 3.67. The maximum atomic E-state index is 11.6. The smallest absolute Gasteiger partial charge is 0.254 e. The Labute approximate surface area is 99.8 Å². The number of methoxy groups -OCH3 is 1. The largest absolute Gasteiger partial charge is 0.383 e. The number of carbonyl (C=O) groups is 1. The highest BCUT2D eigenvalue weighted by Crippen LogP contribution is 2.22. The molecule has 6 heteroatoms. The lowest BCUT2D eigenvalue weighted by molar-refractivity contribution is 0.0936. The van der Waals surface area contributed by atoms with Gasteiger partial charge in [0, 0.05) is 32.1 Å². The first-order chi connectivity index (χ1) is 8.29. The van der Waals surface area contributed by atoms with Crippen LogP contribution in [-0.2, 0) is 4.74 Å². The van der Waals surface area contributed by atoms with Crippen LogP contribution in [0, 0.1) is 0 Å². The van der Waals surface area contributed by atoms with Crippen LogP contribution in [0.15, 0.2) is 12.4 Å². The number of hydrogen-bond donors (Lipinski definition) is 2. The normalized spacial score (nSPS) is 14.4. The average Bonchev–Trinajstić information content (AvgIpc) is 3.14. The first-order valence-corrected chi connectivity index (χ1v) is 5.65. The molecule has 0 radical (unpaired) electrons. The van der Waals surface area contributed by atoms with Crippen molar-refractivity contribution >= 4 is 11.9 Å². The van der Waals surface area contributed by atoms with Crippen LogP contribution in [0.1, 0.15) is 23.2 Å². The molecule has 17 heavy (non-hydrogen) atoms. The Hall–Kier alpha value is -1.69. The van der Waals surface area contributed by atoms with Crippen molar-refractivity contribution in [1.29, 1.82) is 0 Å². The summed E-state index contributed by atoms with van der Waals surface area (Å²) in [5.74, 6) is 0.404. The van der Waals surface area contributed by atoms with Gasteiger partial charge in [0.1, 0.15) is 0 Å². The summed E-state index contributed by atoms with van der Waals surface area (Å²) in [7, 11) is 1.59. The molecule has 0 atom stereocenters. The van der Waals surface area contributed by atoms with Crippen molar-refractivity contribution < 1.29 is 9.53 Å². The van der Waals surface area contributed by atoms with Crippen molar-refractivity contribution in [2.75, 3.05) is 25.6 Å². The van der Waals surface area contributed by atoms with Gasteiger partial charge in [-0.05, 0) is 12.8 Å². The lowest BCUT2D eigenvalue weighted by Gasteiger charge is -2.05. The lowest BCUT2D eigenvalue weighted by atomic mass is 10.3.